The Kier molecular flexibility index (Phi) is 6.97. The summed E-state index contributed by atoms with van der Waals surface area (Å²) >= 11 is 5.89. The number of alkyl halides is 3. The summed E-state index contributed by atoms with van der Waals surface area (Å²) in [5.74, 6) is -0.831. The molecule has 31 heavy (non-hydrogen) atoms. The van der Waals surface area contributed by atoms with Gasteiger partial charge in [-0.3, -0.25) is 9.59 Å². The molecule has 0 bridgehead atoms. The van der Waals surface area contributed by atoms with Crippen LogP contribution < -0.4 is 10.6 Å². The molecule has 8 heteroatoms. The molecule has 0 aliphatic carbocycles. The summed E-state index contributed by atoms with van der Waals surface area (Å²) in [5, 5.41) is 5.75. The normalized spacial score (nSPS) is 11.1. The number of rotatable bonds is 6. The van der Waals surface area contributed by atoms with Gasteiger partial charge < -0.3 is 10.6 Å². The van der Waals surface area contributed by atoms with E-state index in [2.05, 4.69) is 10.6 Å². The van der Waals surface area contributed by atoms with E-state index in [0.717, 1.165) is 17.7 Å². The average Bonchev–Trinajstić information content (AvgIpc) is 2.76. The van der Waals surface area contributed by atoms with Crippen molar-refractivity contribution >= 4 is 23.4 Å². The fourth-order valence-corrected chi connectivity index (χ4v) is 3.07. The number of carbonyl (C=O) groups excluding carboxylic acids is 2. The molecule has 0 heterocycles. The summed E-state index contributed by atoms with van der Waals surface area (Å²) < 4.78 is 38.6. The van der Waals surface area contributed by atoms with Gasteiger partial charge in [0.2, 0.25) is 5.91 Å². The zero-order valence-electron chi connectivity index (χ0n) is 16.2. The molecule has 160 valence electrons. The van der Waals surface area contributed by atoms with E-state index in [1.54, 1.807) is 36.4 Å². The minimum atomic E-state index is -4.43. The molecule has 0 radical (unpaired) electrons. The summed E-state index contributed by atoms with van der Waals surface area (Å²) in [6.07, 6.45) is -4.43. The second-order valence-electron chi connectivity index (χ2n) is 6.75. The summed E-state index contributed by atoms with van der Waals surface area (Å²) in [6.45, 7) is 0.0652. The Labute approximate surface area is 182 Å². The fraction of sp³-hybridized carbons (Fsp3) is 0.130. The highest BCUT2D eigenvalue weighted by molar-refractivity contribution is 6.30. The van der Waals surface area contributed by atoms with Crippen LogP contribution in [0.15, 0.2) is 72.8 Å². The predicted octanol–water partition coefficient (Wildman–Crippen LogP) is 5.07. The van der Waals surface area contributed by atoms with Crippen molar-refractivity contribution in [2.24, 2.45) is 0 Å². The van der Waals surface area contributed by atoms with E-state index in [9.17, 15) is 22.8 Å². The minimum absolute atomic E-state index is 0.214. The topological polar surface area (TPSA) is 58.2 Å². The van der Waals surface area contributed by atoms with Gasteiger partial charge in [0.15, 0.2) is 0 Å². The van der Waals surface area contributed by atoms with Gasteiger partial charge in [0.1, 0.15) is 0 Å². The van der Waals surface area contributed by atoms with Gasteiger partial charge in [-0.15, -0.1) is 0 Å². The van der Waals surface area contributed by atoms with E-state index < -0.39 is 17.6 Å². The fourth-order valence-electron chi connectivity index (χ4n) is 2.86. The van der Waals surface area contributed by atoms with Crippen LogP contribution in [0.2, 0.25) is 5.02 Å². The maximum atomic E-state index is 12.9. The third-order valence-corrected chi connectivity index (χ3v) is 4.69. The number of carbonyl (C=O) groups is 2. The lowest BCUT2D eigenvalue weighted by atomic mass is 10.0. The molecule has 0 atom stereocenters. The molecule has 4 nitrogen and oxygen atoms in total. The van der Waals surface area contributed by atoms with Crippen LogP contribution in [0.5, 0.6) is 0 Å². The molecule has 2 amide bonds. The van der Waals surface area contributed by atoms with Crippen LogP contribution >= 0.6 is 11.6 Å². The van der Waals surface area contributed by atoms with E-state index in [1.807, 2.05) is 6.07 Å². The van der Waals surface area contributed by atoms with Crippen molar-refractivity contribution in [1.29, 1.82) is 0 Å². The Balaban J connectivity index is 1.55. The van der Waals surface area contributed by atoms with E-state index in [4.69, 9.17) is 11.6 Å². The van der Waals surface area contributed by atoms with Crippen molar-refractivity contribution in [1.82, 2.24) is 10.6 Å². The average molecular weight is 447 g/mol. The molecule has 3 rings (SSSR count). The van der Waals surface area contributed by atoms with Crippen molar-refractivity contribution in [3.8, 4) is 11.1 Å². The van der Waals surface area contributed by atoms with Gasteiger partial charge >= 0.3 is 6.18 Å². The molecule has 0 aliphatic heterocycles. The lowest BCUT2D eigenvalue weighted by molar-refractivity contribution is -0.137. The van der Waals surface area contributed by atoms with Gasteiger partial charge in [-0.1, -0.05) is 48.0 Å². The maximum absolute atomic E-state index is 12.9. The first kappa shape index (κ1) is 22.4. The summed E-state index contributed by atoms with van der Waals surface area (Å²) in [6, 6.07) is 18.1. The van der Waals surface area contributed by atoms with E-state index >= 15 is 0 Å². The zero-order chi connectivity index (χ0) is 22.4. The number of hydrogen-bond donors (Lipinski definition) is 2. The highest BCUT2D eigenvalue weighted by Gasteiger charge is 2.30. The number of amides is 2. The lowest BCUT2D eigenvalue weighted by Gasteiger charge is -2.10. The predicted molar refractivity (Wildman–Crippen MR) is 113 cm³/mol. The Hall–Kier alpha value is -3.32. The van der Waals surface area contributed by atoms with Crippen LogP contribution in [0, 0.1) is 0 Å². The Morgan fingerprint density at radius 1 is 0.839 bits per heavy atom. The molecular weight excluding hydrogens is 429 g/mol. The molecule has 3 aromatic carbocycles. The molecule has 0 unspecified atom stereocenters. The second-order valence-corrected chi connectivity index (χ2v) is 7.18. The molecule has 3 aromatic rings. The number of benzene rings is 3. The summed E-state index contributed by atoms with van der Waals surface area (Å²) in [7, 11) is 0. The van der Waals surface area contributed by atoms with Crippen LogP contribution in [0.4, 0.5) is 13.2 Å². The van der Waals surface area contributed by atoms with Gasteiger partial charge in [-0.05, 0) is 53.1 Å². The monoisotopic (exact) mass is 446 g/mol. The first-order chi connectivity index (χ1) is 14.7. The third-order valence-electron chi connectivity index (χ3n) is 4.46. The van der Waals surface area contributed by atoms with Gasteiger partial charge in [0.05, 0.1) is 12.1 Å². The quantitative estimate of drug-likeness (QED) is 0.555. The molecular formula is C23H18ClF3N2O2. The van der Waals surface area contributed by atoms with Crippen LogP contribution in [-0.4, -0.2) is 18.4 Å². The first-order valence-corrected chi connectivity index (χ1v) is 9.67. The molecule has 0 saturated heterocycles. The highest BCUT2D eigenvalue weighted by Crippen LogP contribution is 2.32. The van der Waals surface area contributed by atoms with Gasteiger partial charge in [-0.2, -0.15) is 13.2 Å². The highest BCUT2D eigenvalue weighted by atomic mass is 35.5. The molecule has 2 N–H and O–H groups in total. The minimum Gasteiger partial charge on any atom is -0.350 e. The SMILES string of the molecule is O=C(CNC(=O)c1ccc(-c2cccc(C(F)(F)F)c2)cc1)NCc1cccc(Cl)c1. The van der Waals surface area contributed by atoms with Crippen molar-refractivity contribution < 1.29 is 22.8 Å². The Morgan fingerprint density at radius 3 is 2.23 bits per heavy atom. The lowest BCUT2D eigenvalue weighted by Crippen LogP contribution is -2.36. The van der Waals surface area contributed by atoms with Gasteiger partial charge in [0, 0.05) is 17.1 Å². The molecule has 0 aromatic heterocycles. The summed E-state index contributed by atoms with van der Waals surface area (Å²) in [4.78, 5) is 24.2. The van der Waals surface area contributed by atoms with Crippen LogP contribution in [0.1, 0.15) is 21.5 Å². The van der Waals surface area contributed by atoms with Crippen molar-refractivity contribution in [2.45, 2.75) is 12.7 Å². The maximum Gasteiger partial charge on any atom is 0.416 e. The third kappa shape index (κ3) is 6.33. The number of halogens is 4. The standard InChI is InChI=1S/C23H18ClF3N2O2/c24-20-6-1-3-15(11-20)13-28-21(30)14-29-22(31)17-9-7-16(8-10-17)18-4-2-5-19(12-18)23(25,26)27/h1-12H,13-14H2,(H,28,30)(H,29,31). The van der Waals surface area contributed by atoms with Crippen molar-refractivity contribution in [2.75, 3.05) is 6.54 Å². The first-order valence-electron chi connectivity index (χ1n) is 9.29. The molecule has 0 aliphatic rings. The van der Waals surface area contributed by atoms with Crippen LogP contribution in [0.3, 0.4) is 0 Å². The number of hydrogen-bond acceptors (Lipinski definition) is 2. The van der Waals surface area contributed by atoms with E-state index in [0.29, 0.717) is 21.7 Å². The van der Waals surface area contributed by atoms with Gasteiger partial charge in [0.25, 0.3) is 5.91 Å². The summed E-state index contributed by atoms with van der Waals surface area (Å²) in [5.41, 5.74) is 1.32. The molecule has 0 saturated carbocycles. The van der Waals surface area contributed by atoms with Crippen LogP contribution in [-0.2, 0) is 17.5 Å². The van der Waals surface area contributed by atoms with Crippen LogP contribution in [0.25, 0.3) is 11.1 Å². The molecule has 0 spiro atoms. The Bertz CT molecular complexity index is 1080. The Morgan fingerprint density at radius 2 is 1.55 bits per heavy atom. The second kappa shape index (κ2) is 9.66. The van der Waals surface area contributed by atoms with Crippen molar-refractivity contribution in [3.63, 3.8) is 0 Å². The molecule has 0 fully saturated rings. The number of nitrogens with one attached hydrogen (secondary N) is 2. The van der Waals surface area contributed by atoms with Gasteiger partial charge in [-0.25, -0.2) is 0 Å². The smallest absolute Gasteiger partial charge is 0.350 e. The largest absolute Gasteiger partial charge is 0.416 e. The van der Waals surface area contributed by atoms with E-state index in [1.165, 1.54) is 18.2 Å². The zero-order valence-corrected chi connectivity index (χ0v) is 16.9. The van der Waals surface area contributed by atoms with Crippen molar-refractivity contribution in [3.05, 3.63) is 94.5 Å². The van der Waals surface area contributed by atoms with E-state index in [-0.39, 0.29) is 19.0 Å².